The van der Waals surface area contributed by atoms with E-state index in [1.807, 2.05) is 12.1 Å². The first-order chi connectivity index (χ1) is 8.04. The highest BCUT2D eigenvalue weighted by Crippen LogP contribution is 2.27. The van der Waals surface area contributed by atoms with Gasteiger partial charge in [0, 0.05) is 16.8 Å². The molecular weight excluding hydrogens is 234 g/mol. The molecule has 0 fully saturated rings. The van der Waals surface area contributed by atoms with E-state index in [-0.39, 0.29) is 6.04 Å². The van der Waals surface area contributed by atoms with Crippen LogP contribution in [-0.2, 0) is 0 Å². The van der Waals surface area contributed by atoms with Gasteiger partial charge in [-0.2, -0.15) is 0 Å². The molecule has 5 N–H and O–H groups in total. The van der Waals surface area contributed by atoms with E-state index in [1.54, 1.807) is 6.07 Å². The van der Waals surface area contributed by atoms with Crippen molar-refractivity contribution in [3.63, 3.8) is 0 Å². The Labute approximate surface area is 108 Å². The average molecular weight is 256 g/mol. The molecule has 96 valence electrons. The zero-order valence-electron chi connectivity index (χ0n) is 10.5. The van der Waals surface area contributed by atoms with Crippen LogP contribution in [0.2, 0.25) is 5.02 Å². The fourth-order valence-corrected chi connectivity index (χ4v) is 2.10. The minimum Gasteiger partial charge on any atom is -0.398 e. The average Bonchev–Trinajstić information content (AvgIpc) is 2.25. The molecule has 1 aromatic carbocycles. The number of nitrogens with one attached hydrogen (secondary N) is 1. The molecule has 0 aliphatic rings. The summed E-state index contributed by atoms with van der Waals surface area (Å²) in [6.07, 6.45) is 3.32. The number of benzene rings is 1. The number of hydrogen-bond acceptors (Lipinski definition) is 3. The summed E-state index contributed by atoms with van der Waals surface area (Å²) in [5, 5.41) is 0.657. The lowest BCUT2D eigenvalue weighted by Crippen LogP contribution is -2.28. The van der Waals surface area contributed by atoms with Gasteiger partial charge < -0.3 is 5.73 Å². The molecule has 3 nitrogen and oxygen atoms in total. The molecule has 0 aromatic heterocycles. The molecule has 0 saturated carbocycles. The van der Waals surface area contributed by atoms with E-state index >= 15 is 0 Å². The molecule has 0 heterocycles. The molecule has 17 heavy (non-hydrogen) atoms. The van der Waals surface area contributed by atoms with Gasteiger partial charge in [-0.3, -0.25) is 11.3 Å². The van der Waals surface area contributed by atoms with Gasteiger partial charge in [-0.25, -0.2) is 0 Å². The highest BCUT2D eigenvalue weighted by Gasteiger charge is 2.12. The number of anilines is 1. The van der Waals surface area contributed by atoms with Crippen LogP contribution >= 0.6 is 11.6 Å². The molecule has 0 radical (unpaired) electrons. The van der Waals surface area contributed by atoms with E-state index in [2.05, 4.69) is 19.3 Å². The van der Waals surface area contributed by atoms with Crippen molar-refractivity contribution in [2.24, 2.45) is 11.8 Å². The van der Waals surface area contributed by atoms with Crippen LogP contribution in [0.3, 0.4) is 0 Å². The van der Waals surface area contributed by atoms with Gasteiger partial charge in [0.15, 0.2) is 0 Å². The lowest BCUT2D eigenvalue weighted by molar-refractivity contribution is 0.456. The molecule has 1 aromatic rings. The van der Waals surface area contributed by atoms with Gasteiger partial charge in [0.25, 0.3) is 0 Å². The second-order valence-electron chi connectivity index (χ2n) is 4.82. The first-order valence-electron chi connectivity index (χ1n) is 6.05. The minimum absolute atomic E-state index is 0.103. The zero-order chi connectivity index (χ0) is 12.8. The zero-order valence-corrected chi connectivity index (χ0v) is 11.3. The van der Waals surface area contributed by atoms with Crippen LogP contribution in [0.25, 0.3) is 0 Å². The Hall–Kier alpha value is -0.770. The maximum absolute atomic E-state index is 5.95. The quantitative estimate of drug-likeness (QED) is 0.415. The Bertz CT molecular complexity index is 353. The molecule has 0 aliphatic heterocycles. The van der Waals surface area contributed by atoms with Gasteiger partial charge in [0.2, 0.25) is 0 Å². The van der Waals surface area contributed by atoms with Crippen molar-refractivity contribution in [2.75, 3.05) is 5.73 Å². The highest BCUT2D eigenvalue weighted by molar-refractivity contribution is 6.30. The molecule has 1 rings (SSSR count). The van der Waals surface area contributed by atoms with E-state index in [9.17, 15) is 0 Å². The largest absolute Gasteiger partial charge is 0.398 e. The van der Waals surface area contributed by atoms with E-state index in [0.29, 0.717) is 10.7 Å². The molecular formula is C13H22ClN3. The maximum Gasteiger partial charge on any atom is 0.0480 e. The number of nitrogen functional groups attached to an aromatic ring is 1. The number of nitrogens with two attached hydrogens (primary N) is 2. The number of hydrazine groups is 1. The molecule has 0 saturated heterocycles. The van der Waals surface area contributed by atoms with Crippen LogP contribution in [0.5, 0.6) is 0 Å². The Morgan fingerprint density at radius 3 is 2.53 bits per heavy atom. The fraction of sp³-hybridized carbons (Fsp3) is 0.538. The van der Waals surface area contributed by atoms with Crippen molar-refractivity contribution in [3.8, 4) is 0 Å². The molecule has 0 spiro atoms. The smallest absolute Gasteiger partial charge is 0.0480 e. The van der Waals surface area contributed by atoms with Crippen molar-refractivity contribution in [2.45, 2.75) is 39.2 Å². The lowest BCUT2D eigenvalue weighted by Gasteiger charge is -2.18. The topological polar surface area (TPSA) is 64.1 Å². The first-order valence-corrected chi connectivity index (χ1v) is 6.43. The number of halogens is 1. The fourth-order valence-electron chi connectivity index (χ4n) is 1.92. The van der Waals surface area contributed by atoms with Gasteiger partial charge in [-0.1, -0.05) is 44.4 Å². The minimum atomic E-state index is 0.103. The second-order valence-corrected chi connectivity index (χ2v) is 5.25. The standard InChI is InChI=1S/C13H22ClN3/c1-9(2)4-3-5-13(17-16)11-7-6-10(14)8-12(11)15/h6-9,13,17H,3-5,15-16H2,1-2H3. The van der Waals surface area contributed by atoms with Gasteiger partial charge in [0.1, 0.15) is 0 Å². The van der Waals surface area contributed by atoms with Crippen LogP contribution < -0.4 is 17.0 Å². The van der Waals surface area contributed by atoms with Crippen molar-refractivity contribution in [1.29, 1.82) is 0 Å². The summed E-state index contributed by atoms with van der Waals surface area (Å²) >= 11 is 5.88. The van der Waals surface area contributed by atoms with Gasteiger partial charge in [-0.05, 0) is 30.0 Å². The Morgan fingerprint density at radius 1 is 1.29 bits per heavy atom. The van der Waals surface area contributed by atoms with Crippen LogP contribution in [0.4, 0.5) is 5.69 Å². The predicted octanol–water partition coefficient (Wildman–Crippen LogP) is 3.25. The number of hydrogen-bond donors (Lipinski definition) is 3. The van der Waals surface area contributed by atoms with Gasteiger partial charge >= 0.3 is 0 Å². The van der Waals surface area contributed by atoms with E-state index in [1.165, 1.54) is 6.42 Å². The monoisotopic (exact) mass is 255 g/mol. The molecule has 0 bridgehead atoms. The van der Waals surface area contributed by atoms with E-state index in [4.69, 9.17) is 23.2 Å². The highest BCUT2D eigenvalue weighted by atomic mass is 35.5. The predicted molar refractivity (Wildman–Crippen MR) is 74.6 cm³/mol. The van der Waals surface area contributed by atoms with Crippen LogP contribution in [-0.4, -0.2) is 0 Å². The van der Waals surface area contributed by atoms with Crippen LogP contribution in [0, 0.1) is 5.92 Å². The SMILES string of the molecule is CC(C)CCCC(NN)c1ccc(Cl)cc1N. The summed E-state index contributed by atoms with van der Waals surface area (Å²) in [5.74, 6) is 6.31. The lowest BCUT2D eigenvalue weighted by atomic mass is 9.97. The third kappa shape index (κ3) is 4.54. The normalized spacial score (nSPS) is 13.0. The first kappa shape index (κ1) is 14.3. The summed E-state index contributed by atoms with van der Waals surface area (Å²) in [7, 11) is 0. The van der Waals surface area contributed by atoms with E-state index < -0.39 is 0 Å². The van der Waals surface area contributed by atoms with Crippen molar-refractivity contribution < 1.29 is 0 Å². The van der Waals surface area contributed by atoms with Crippen molar-refractivity contribution >= 4 is 17.3 Å². The maximum atomic E-state index is 5.95. The van der Waals surface area contributed by atoms with Crippen LogP contribution in [0.1, 0.15) is 44.7 Å². The Morgan fingerprint density at radius 2 is 2.00 bits per heavy atom. The number of rotatable bonds is 6. The molecule has 1 unspecified atom stereocenters. The van der Waals surface area contributed by atoms with Crippen molar-refractivity contribution in [1.82, 2.24) is 5.43 Å². The molecule has 1 atom stereocenters. The molecule has 4 heteroatoms. The second kappa shape index (κ2) is 6.84. The van der Waals surface area contributed by atoms with Gasteiger partial charge in [0.05, 0.1) is 0 Å². The van der Waals surface area contributed by atoms with Crippen molar-refractivity contribution in [3.05, 3.63) is 28.8 Å². The summed E-state index contributed by atoms with van der Waals surface area (Å²) in [6, 6.07) is 5.66. The summed E-state index contributed by atoms with van der Waals surface area (Å²) in [5.41, 5.74) is 10.5. The Balaban J connectivity index is 2.66. The molecule has 0 aliphatic carbocycles. The van der Waals surface area contributed by atoms with Crippen LogP contribution in [0.15, 0.2) is 18.2 Å². The summed E-state index contributed by atoms with van der Waals surface area (Å²) in [4.78, 5) is 0. The van der Waals surface area contributed by atoms with E-state index in [0.717, 1.165) is 24.3 Å². The third-order valence-electron chi connectivity index (χ3n) is 2.90. The molecule has 0 amide bonds. The summed E-state index contributed by atoms with van der Waals surface area (Å²) in [6.45, 7) is 4.45. The summed E-state index contributed by atoms with van der Waals surface area (Å²) < 4.78 is 0. The Kier molecular flexibility index (Phi) is 5.75. The van der Waals surface area contributed by atoms with Gasteiger partial charge in [-0.15, -0.1) is 0 Å². The third-order valence-corrected chi connectivity index (χ3v) is 3.13.